The molecular formula is C21H25BrN6S. The van der Waals surface area contributed by atoms with Crippen LogP contribution in [-0.4, -0.2) is 28.9 Å². The van der Waals surface area contributed by atoms with Crippen LogP contribution >= 0.6 is 27.7 Å². The molecule has 0 amide bonds. The van der Waals surface area contributed by atoms with Crippen LogP contribution in [-0.2, 0) is 12.8 Å². The number of anilines is 1. The van der Waals surface area contributed by atoms with E-state index in [0.29, 0.717) is 22.2 Å². The van der Waals surface area contributed by atoms with Gasteiger partial charge in [-0.05, 0) is 64.2 Å². The fourth-order valence-corrected chi connectivity index (χ4v) is 5.38. The molecular weight excluding hydrogens is 448 g/mol. The first kappa shape index (κ1) is 20.1. The van der Waals surface area contributed by atoms with Crippen LogP contribution in [0.1, 0.15) is 24.0 Å². The van der Waals surface area contributed by atoms with Crippen molar-refractivity contribution in [3.63, 3.8) is 0 Å². The number of nitrogens with two attached hydrogens (primary N) is 3. The second-order valence-corrected chi connectivity index (χ2v) is 9.65. The molecule has 29 heavy (non-hydrogen) atoms. The molecule has 4 rings (SSSR count). The van der Waals surface area contributed by atoms with Crippen molar-refractivity contribution in [1.29, 1.82) is 0 Å². The van der Waals surface area contributed by atoms with Gasteiger partial charge in [0, 0.05) is 24.2 Å². The smallest absolute Gasteiger partial charge is 0.195 e. The van der Waals surface area contributed by atoms with Gasteiger partial charge in [-0.15, -0.1) is 0 Å². The summed E-state index contributed by atoms with van der Waals surface area (Å²) >= 11 is 4.80. The zero-order valence-corrected chi connectivity index (χ0v) is 18.5. The van der Waals surface area contributed by atoms with E-state index >= 15 is 0 Å². The van der Waals surface area contributed by atoms with Gasteiger partial charge in [-0.3, -0.25) is 0 Å². The molecule has 1 aliphatic heterocycles. The van der Waals surface area contributed by atoms with E-state index in [1.165, 1.54) is 35.7 Å². The third-order valence-electron chi connectivity index (χ3n) is 5.83. The van der Waals surface area contributed by atoms with Gasteiger partial charge in [0.05, 0.1) is 15.7 Å². The van der Waals surface area contributed by atoms with Gasteiger partial charge in [0.1, 0.15) is 5.82 Å². The quantitative estimate of drug-likeness (QED) is 0.358. The summed E-state index contributed by atoms with van der Waals surface area (Å²) in [4.78, 5) is 11.5. The highest BCUT2D eigenvalue weighted by Gasteiger charge is 2.39. The third-order valence-corrected chi connectivity index (χ3v) is 7.83. The number of guanidine groups is 1. The third kappa shape index (κ3) is 4.38. The van der Waals surface area contributed by atoms with Gasteiger partial charge in [-0.2, -0.15) is 0 Å². The van der Waals surface area contributed by atoms with E-state index in [-0.39, 0.29) is 0 Å². The molecule has 0 atom stereocenters. The zero-order valence-electron chi connectivity index (χ0n) is 16.1. The number of nitrogens with zero attached hydrogens (tertiary/aromatic N) is 3. The number of rotatable bonds is 3. The van der Waals surface area contributed by atoms with E-state index in [1.807, 2.05) is 6.07 Å². The monoisotopic (exact) mass is 472 g/mol. The molecule has 152 valence electrons. The predicted molar refractivity (Wildman–Crippen MR) is 123 cm³/mol. The average Bonchev–Trinajstić information content (AvgIpc) is 3.07. The Hall–Kier alpha value is -2.19. The molecule has 1 fully saturated rings. The summed E-state index contributed by atoms with van der Waals surface area (Å²) in [5, 5.41) is 0.541. The minimum atomic E-state index is 0.388. The Balaban J connectivity index is 1.36. The van der Waals surface area contributed by atoms with Gasteiger partial charge in [-0.1, -0.05) is 36.0 Å². The molecule has 0 bridgehead atoms. The maximum absolute atomic E-state index is 6.24. The van der Waals surface area contributed by atoms with Crippen molar-refractivity contribution < 1.29 is 0 Å². The van der Waals surface area contributed by atoms with Crippen LogP contribution in [0.15, 0.2) is 62.1 Å². The Labute approximate surface area is 183 Å². The fraction of sp³-hybridized carbons (Fsp3) is 0.333. The van der Waals surface area contributed by atoms with E-state index in [0.717, 1.165) is 35.3 Å². The second-order valence-electron chi connectivity index (χ2n) is 7.74. The van der Waals surface area contributed by atoms with E-state index in [1.54, 1.807) is 12.4 Å². The summed E-state index contributed by atoms with van der Waals surface area (Å²) in [6.45, 7) is 1.85. The lowest BCUT2D eigenvalue weighted by Crippen LogP contribution is -2.46. The Morgan fingerprint density at radius 1 is 1.14 bits per heavy atom. The standard InChI is InChI=1S/C21H25BrN6S/c22-18-16(5-8-26-19(18)24)29-17(23)13-27-20(25)28-9-6-21(7-10-28)11-14-3-1-2-4-15(14)12-21/h1-5,8,13H,6-7,9-12,23H2,(H2,24,26)(H2,25,27)/b17-13+. The lowest BCUT2D eigenvalue weighted by atomic mass is 9.76. The number of hydrogen-bond donors (Lipinski definition) is 3. The molecule has 8 heteroatoms. The Morgan fingerprint density at radius 3 is 2.45 bits per heavy atom. The number of nitrogen functional groups attached to an aromatic ring is 1. The highest BCUT2D eigenvalue weighted by Crippen LogP contribution is 2.44. The van der Waals surface area contributed by atoms with Gasteiger partial charge >= 0.3 is 0 Å². The van der Waals surface area contributed by atoms with Crippen molar-refractivity contribution in [2.75, 3.05) is 18.8 Å². The van der Waals surface area contributed by atoms with Gasteiger partial charge in [-0.25, -0.2) is 9.98 Å². The molecule has 2 heterocycles. The number of aromatic nitrogens is 1. The number of thioether (sulfide) groups is 1. The molecule has 0 radical (unpaired) electrons. The minimum Gasteiger partial charge on any atom is -0.392 e. The molecule has 0 saturated carbocycles. The van der Waals surface area contributed by atoms with E-state index in [9.17, 15) is 0 Å². The molecule has 2 aromatic rings. The number of benzene rings is 1. The van der Waals surface area contributed by atoms with Crippen molar-refractivity contribution in [2.24, 2.45) is 21.9 Å². The molecule has 1 spiro atoms. The number of pyridine rings is 1. The number of piperidine rings is 1. The van der Waals surface area contributed by atoms with Crippen LogP contribution in [0, 0.1) is 5.41 Å². The summed E-state index contributed by atoms with van der Waals surface area (Å²) in [7, 11) is 0. The van der Waals surface area contributed by atoms with Gasteiger partial charge in [0.2, 0.25) is 0 Å². The Kier molecular flexibility index (Phi) is 5.74. The van der Waals surface area contributed by atoms with Gasteiger partial charge < -0.3 is 22.1 Å². The number of hydrogen-bond acceptors (Lipinski definition) is 5. The van der Waals surface area contributed by atoms with Gasteiger partial charge in [0.25, 0.3) is 0 Å². The summed E-state index contributed by atoms with van der Waals surface area (Å²) in [6.07, 6.45) is 7.89. The maximum atomic E-state index is 6.24. The topological polar surface area (TPSA) is 107 Å². The SMILES string of the molecule is NC(=N/C=C(\N)Sc1ccnc(N)c1Br)N1CCC2(CC1)Cc1ccccc1C2. The second kappa shape index (κ2) is 8.28. The van der Waals surface area contributed by atoms with Crippen LogP contribution in [0.5, 0.6) is 0 Å². The molecule has 6 nitrogen and oxygen atoms in total. The van der Waals surface area contributed by atoms with Crippen molar-refractivity contribution in [2.45, 2.75) is 30.6 Å². The summed E-state index contributed by atoms with van der Waals surface area (Å²) in [6, 6.07) is 10.7. The first-order valence-corrected chi connectivity index (χ1v) is 11.3. The summed E-state index contributed by atoms with van der Waals surface area (Å²) < 4.78 is 0.734. The number of likely N-dealkylation sites (tertiary alicyclic amines) is 1. The van der Waals surface area contributed by atoms with E-state index in [2.05, 4.69) is 55.1 Å². The average molecular weight is 473 g/mol. The molecule has 2 aliphatic rings. The van der Waals surface area contributed by atoms with Crippen molar-refractivity contribution in [3.05, 3.63) is 63.4 Å². The number of aliphatic imine (C=N–C) groups is 1. The van der Waals surface area contributed by atoms with Crippen molar-refractivity contribution in [1.82, 2.24) is 9.88 Å². The van der Waals surface area contributed by atoms with Gasteiger partial charge in [0.15, 0.2) is 5.96 Å². The Morgan fingerprint density at radius 2 is 1.79 bits per heavy atom. The summed E-state index contributed by atoms with van der Waals surface area (Å²) in [5.74, 6) is 0.953. The normalized spacial score (nSPS) is 18.9. The largest absolute Gasteiger partial charge is 0.392 e. The fourth-order valence-electron chi connectivity index (χ4n) is 4.22. The maximum Gasteiger partial charge on any atom is 0.195 e. The first-order valence-electron chi connectivity index (χ1n) is 9.64. The van der Waals surface area contributed by atoms with Crippen LogP contribution < -0.4 is 17.2 Å². The summed E-state index contributed by atoms with van der Waals surface area (Å²) in [5.41, 5.74) is 21.6. The minimum absolute atomic E-state index is 0.388. The number of halogens is 1. The zero-order chi connectivity index (χ0) is 20.4. The molecule has 0 unspecified atom stereocenters. The van der Waals surface area contributed by atoms with Crippen LogP contribution in [0.25, 0.3) is 0 Å². The van der Waals surface area contributed by atoms with Crippen molar-refractivity contribution >= 4 is 39.5 Å². The molecule has 1 aromatic heterocycles. The van der Waals surface area contributed by atoms with Crippen molar-refractivity contribution in [3.8, 4) is 0 Å². The van der Waals surface area contributed by atoms with Crippen LogP contribution in [0.2, 0.25) is 0 Å². The lowest BCUT2D eigenvalue weighted by Gasteiger charge is -2.39. The van der Waals surface area contributed by atoms with E-state index < -0.39 is 0 Å². The molecule has 1 aromatic carbocycles. The van der Waals surface area contributed by atoms with E-state index in [4.69, 9.17) is 17.2 Å². The number of fused-ring (bicyclic) bond motifs is 1. The molecule has 1 saturated heterocycles. The highest BCUT2D eigenvalue weighted by atomic mass is 79.9. The van der Waals surface area contributed by atoms with Crippen LogP contribution in [0.3, 0.4) is 0 Å². The predicted octanol–water partition coefficient (Wildman–Crippen LogP) is 3.47. The first-order chi connectivity index (χ1) is 14.0. The van der Waals surface area contributed by atoms with Crippen LogP contribution in [0.4, 0.5) is 5.82 Å². The Bertz CT molecular complexity index is 938. The molecule has 6 N–H and O–H groups in total. The lowest BCUT2D eigenvalue weighted by molar-refractivity contribution is 0.157. The highest BCUT2D eigenvalue weighted by molar-refractivity contribution is 9.10. The molecule has 1 aliphatic carbocycles.